The van der Waals surface area contributed by atoms with Crippen LogP contribution in [-0.2, 0) is 17.9 Å². The molecule has 0 saturated heterocycles. The standard InChI is InChI=1S/C24H25NO2/c1-18(2)21-10-8-19(9-11-21)16-25-23-14-12-22(13-15-23)24(26)27-17-20-6-4-3-5-7-20/h3-15,18,25H,16-17H2,1-2H3. The second-order valence-corrected chi connectivity index (χ2v) is 6.89. The van der Waals surface area contributed by atoms with Crippen LogP contribution in [0.1, 0.15) is 46.8 Å². The van der Waals surface area contributed by atoms with Crippen LogP contribution in [0.4, 0.5) is 5.69 Å². The van der Waals surface area contributed by atoms with Gasteiger partial charge in [0.2, 0.25) is 0 Å². The molecule has 0 aromatic heterocycles. The SMILES string of the molecule is CC(C)c1ccc(CNc2ccc(C(=O)OCc3ccccc3)cc2)cc1. The minimum Gasteiger partial charge on any atom is -0.457 e. The Morgan fingerprint density at radius 2 is 1.52 bits per heavy atom. The first-order chi connectivity index (χ1) is 13.1. The Kier molecular flexibility index (Phi) is 6.26. The molecule has 0 aliphatic carbocycles. The second kappa shape index (κ2) is 9.04. The Hall–Kier alpha value is -3.07. The summed E-state index contributed by atoms with van der Waals surface area (Å²) < 4.78 is 5.35. The fraction of sp³-hybridized carbons (Fsp3) is 0.208. The van der Waals surface area contributed by atoms with Gasteiger partial charge in [-0.3, -0.25) is 0 Å². The maximum Gasteiger partial charge on any atom is 0.338 e. The van der Waals surface area contributed by atoms with Crippen LogP contribution in [0.25, 0.3) is 0 Å². The Balaban J connectivity index is 1.51. The fourth-order valence-electron chi connectivity index (χ4n) is 2.76. The number of anilines is 1. The van der Waals surface area contributed by atoms with Crippen molar-refractivity contribution in [2.24, 2.45) is 0 Å². The summed E-state index contributed by atoms with van der Waals surface area (Å²) in [5.74, 6) is 0.232. The first-order valence-electron chi connectivity index (χ1n) is 9.25. The van der Waals surface area contributed by atoms with Crippen molar-refractivity contribution in [3.05, 3.63) is 101 Å². The van der Waals surface area contributed by atoms with Gasteiger partial charge in [0.25, 0.3) is 0 Å². The van der Waals surface area contributed by atoms with Crippen molar-refractivity contribution in [3.8, 4) is 0 Å². The van der Waals surface area contributed by atoms with E-state index in [-0.39, 0.29) is 12.6 Å². The second-order valence-electron chi connectivity index (χ2n) is 6.89. The molecule has 0 aliphatic rings. The molecule has 1 N–H and O–H groups in total. The molecule has 0 bridgehead atoms. The molecule has 3 nitrogen and oxygen atoms in total. The fourth-order valence-corrected chi connectivity index (χ4v) is 2.76. The van der Waals surface area contributed by atoms with Crippen LogP contribution in [-0.4, -0.2) is 5.97 Å². The van der Waals surface area contributed by atoms with Gasteiger partial charge in [-0.25, -0.2) is 4.79 Å². The number of esters is 1. The van der Waals surface area contributed by atoms with Gasteiger partial charge in [0.15, 0.2) is 0 Å². The first-order valence-corrected chi connectivity index (χ1v) is 9.25. The summed E-state index contributed by atoms with van der Waals surface area (Å²) in [5, 5.41) is 3.38. The van der Waals surface area contributed by atoms with Gasteiger partial charge in [-0.15, -0.1) is 0 Å². The van der Waals surface area contributed by atoms with Crippen LogP contribution in [0.2, 0.25) is 0 Å². The van der Waals surface area contributed by atoms with E-state index in [1.165, 1.54) is 11.1 Å². The summed E-state index contributed by atoms with van der Waals surface area (Å²) in [6.07, 6.45) is 0. The Morgan fingerprint density at radius 1 is 0.852 bits per heavy atom. The molecule has 27 heavy (non-hydrogen) atoms. The lowest BCUT2D eigenvalue weighted by Crippen LogP contribution is -2.05. The summed E-state index contributed by atoms with van der Waals surface area (Å²) in [4.78, 5) is 12.2. The van der Waals surface area contributed by atoms with Crippen molar-refractivity contribution in [2.75, 3.05) is 5.32 Å². The van der Waals surface area contributed by atoms with E-state index in [9.17, 15) is 4.79 Å². The third kappa shape index (κ3) is 5.45. The number of nitrogens with one attached hydrogen (secondary N) is 1. The first kappa shape index (κ1) is 18.7. The van der Waals surface area contributed by atoms with Crippen molar-refractivity contribution in [3.63, 3.8) is 0 Å². The van der Waals surface area contributed by atoms with E-state index in [4.69, 9.17) is 4.74 Å². The van der Waals surface area contributed by atoms with Crippen molar-refractivity contribution in [1.82, 2.24) is 0 Å². The molecule has 0 aliphatic heterocycles. The van der Waals surface area contributed by atoms with Gasteiger partial charge in [0.1, 0.15) is 6.61 Å². The number of carbonyl (C=O) groups excluding carboxylic acids is 1. The molecule has 0 fully saturated rings. The third-order valence-corrected chi connectivity index (χ3v) is 4.48. The van der Waals surface area contributed by atoms with E-state index in [1.807, 2.05) is 42.5 Å². The third-order valence-electron chi connectivity index (χ3n) is 4.48. The minimum absolute atomic E-state index is 0.284. The summed E-state index contributed by atoms with van der Waals surface area (Å²) >= 11 is 0. The normalized spacial score (nSPS) is 10.6. The van der Waals surface area contributed by atoms with Gasteiger partial charge < -0.3 is 10.1 Å². The van der Waals surface area contributed by atoms with E-state index in [2.05, 4.69) is 43.4 Å². The quantitative estimate of drug-likeness (QED) is 0.544. The van der Waals surface area contributed by atoms with Crippen molar-refractivity contribution in [1.29, 1.82) is 0 Å². The molecule has 0 unspecified atom stereocenters. The van der Waals surface area contributed by atoms with Gasteiger partial charge >= 0.3 is 5.97 Å². The van der Waals surface area contributed by atoms with Crippen LogP contribution < -0.4 is 5.32 Å². The van der Waals surface area contributed by atoms with Crippen LogP contribution in [0.15, 0.2) is 78.9 Å². The predicted octanol–water partition coefficient (Wildman–Crippen LogP) is 5.78. The average molecular weight is 359 g/mol. The molecule has 0 atom stereocenters. The Labute approximate surface area is 161 Å². The van der Waals surface area contributed by atoms with Crippen LogP contribution in [0, 0.1) is 0 Å². The maximum atomic E-state index is 12.2. The van der Waals surface area contributed by atoms with Gasteiger partial charge in [0, 0.05) is 12.2 Å². The lowest BCUT2D eigenvalue weighted by atomic mass is 10.0. The Bertz CT molecular complexity index is 853. The molecule has 0 amide bonds. The highest BCUT2D eigenvalue weighted by Crippen LogP contribution is 2.16. The number of ether oxygens (including phenoxy) is 1. The maximum absolute atomic E-state index is 12.2. The van der Waals surface area contributed by atoms with Gasteiger partial charge in [-0.05, 0) is 46.9 Å². The predicted molar refractivity (Wildman–Crippen MR) is 110 cm³/mol. The summed E-state index contributed by atoms with van der Waals surface area (Å²) in [6, 6.07) is 25.7. The van der Waals surface area contributed by atoms with Crippen LogP contribution >= 0.6 is 0 Å². The number of rotatable bonds is 7. The molecule has 0 spiro atoms. The van der Waals surface area contributed by atoms with E-state index in [0.29, 0.717) is 11.5 Å². The number of hydrogen-bond acceptors (Lipinski definition) is 3. The van der Waals surface area contributed by atoms with Gasteiger partial charge in [0.05, 0.1) is 5.56 Å². The number of hydrogen-bond donors (Lipinski definition) is 1. The largest absolute Gasteiger partial charge is 0.457 e. The monoisotopic (exact) mass is 359 g/mol. The molecule has 3 aromatic carbocycles. The van der Waals surface area contributed by atoms with Crippen LogP contribution in [0.5, 0.6) is 0 Å². The highest BCUT2D eigenvalue weighted by molar-refractivity contribution is 5.89. The Morgan fingerprint density at radius 3 is 2.15 bits per heavy atom. The zero-order valence-corrected chi connectivity index (χ0v) is 15.8. The molecule has 3 heteroatoms. The summed E-state index contributed by atoms with van der Waals surface area (Å²) in [5.41, 5.74) is 5.08. The molecule has 138 valence electrons. The van der Waals surface area contributed by atoms with Crippen molar-refractivity contribution < 1.29 is 9.53 Å². The minimum atomic E-state index is -0.310. The van der Waals surface area contributed by atoms with Crippen LogP contribution in [0.3, 0.4) is 0 Å². The van der Waals surface area contributed by atoms with E-state index in [0.717, 1.165) is 17.8 Å². The van der Waals surface area contributed by atoms with Crippen molar-refractivity contribution >= 4 is 11.7 Å². The van der Waals surface area contributed by atoms with Gasteiger partial charge in [-0.1, -0.05) is 68.4 Å². The summed E-state index contributed by atoms with van der Waals surface area (Å²) in [7, 11) is 0. The molecular weight excluding hydrogens is 334 g/mol. The van der Waals surface area contributed by atoms with E-state index >= 15 is 0 Å². The molecule has 0 radical (unpaired) electrons. The topological polar surface area (TPSA) is 38.3 Å². The van der Waals surface area contributed by atoms with Crippen molar-refractivity contribution in [2.45, 2.75) is 32.9 Å². The lowest BCUT2D eigenvalue weighted by molar-refractivity contribution is 0.0473. The highest BCUT2D eigenvalue weighted by Gasteiger charge is 2.07. The highest BCUT2D eigenvalue weighted by atomic mass is 16.5. The molecule has 3 rings (SSSR count). The smallest absolute Gasteiger partial charge is 0.338 e. The van der Waals surface area contributed by atoms with E-state index < -0.39 is 0 Å². The molecular formula is C24H25NO2. The number of benzene rings is 3. The summed E-state index contributed by atoms with van der Waals surface area (Å²) in [6.45, 7) is 5.42. The molecule has 3 aromatic rings. The molecule has 0 heterocycles. The zero-order valence-electron chi connectivity index (χ0n) is 15.8. The number of carbonyl (C=O) groups is 1. The van der Waals surface area contributed by atoms with Gasteiger partial charge in [-0.2, -0.15) is 0 Å². The van der Waals surface area contributed by atoms with E-state index in [1.54, 1.807) is 12.1 Å². The lowest BCUT2D eigenvalue weighted by Gasteiger charge is -2.10. The zero-order chi connectivity index (χ0) is 19.1. The molecule has 0 saturated carbocycles. The average Bonchev–Trinajstić information content (AvgIpc) is 2.72.